The molecule has 0 saturated carbocycles. The maximum absolute atomic E-state index is 11.7. The van der Waals surface area contributed by atoms with Gasteiger partial charge in [0, 0.05) is 18.6 Å². The summed E-state index contributed by atoms with van der Waals surface area (Å²) in [5.74, 6) is 0. The molecule has 0 amide bonds. The summed E-state index contributed by atoms with van der Waals surface area (Å²) in [6, 6.07) is 0. The lowest BCUT2D eigenvalue weighted by Crippen LogP contribution is -2.37. The van der Waals surface area contributed by atoms with Crippen molar-refractivity contribution in [3.63, 3.8) is 0 Å². The third kappa shape index (κ3) is 8.05. The van der Waals surface area contributed by atoms with Gasteiger partial charge in [-0.3, -0.25) is 0 Å². The van der Waals surface area contributed by atoms with Crippen LogP contribution in [0.25, 0.3) is 0 Å². The quantitative estimate of drug-likeness (QED) is 0.709. The zero-order valence-electron chi connectivity index (χ0n) is 7.69. The van der Waals surface area contributed by atoms with Gasteiger partial charge >= 0.3 is 6.18 Å². The maximum Gasteiger partial charge on any atom is 0.389 e. The number of rotatable bonds is 5. The minimum atomic E-state index is -4.10. The van der Waals surface area contributed by atoms with E-state index in [4.69, 9.17) is 10.8 Å². The molecule has 0 aliphatic rings. The topological polar surface area (TPSA) is 46.2 Å². The zero-order valence-corrected chi connectivity index (χ0v) is 7.69. The van der Waals surface area contributed by atoms with E-state index in [0.717, 1.165) is 0 Å². The molecule has 0 aromatic rings. The van der Waals surface area contributed by atoms with E-state index < -0.39 is 18.1 Å². The molecule has 13 heavy (non-hydrogen) atoms. The van der Waals surface area contributed by atoms with Crippen LogP contribution in [0.4, 0.5) is 13.2 Å². The highest BCUT2D eigenvalue weighted by Crippen LogP contribution is 2.24. The average molecular weight is 199 g/mol. The molecular weight excluding hydrogens is 183 g/mol. The van der Waals surface area contributed by atoms with Crippen molar-refractivity contribution in [2.75, 3.05) is 6.61 Å². The van der Waals surface area contributed by atoms with Gasteiger partial charge in [-0.05, 0) is 26.2 Å². The van der Waals surface area contributed by atoms with Gasteiger partial charge in [-0.1, -0.05) is 0 Å². The summed E-state index contributed by atoms with van der Waals surface area (Å²) in [4.78, 5) is 0. The van der Waals surface area contributed by atoms with Crippen molar-refractivity contribution < 1.29 is 18.3 Å². The Hall–Kier alpha value is -0.290. The summed E-state index contributed by atoms with van der Waals surface area (Å²) >= 11 is 0. The van der Waals surface area contributed by atoms with Crippen LogP contribution in [0, 0.1) is 0 Å². The minimum Gasteiger partial charge on any atom is -0.396 e. The van der Waals surface area contributed by atoms with E-state index in [-0.39, 0.29) is 19.4 Å². The van der Waals surface area contributed by atoms with Crippen LogP contribution in [0.15, 0.2) is 0 Å². The van der Waals surface area contributed by atoms with Gasteiger partial charge in [-0.2, -0.15) is 13.2 Å². The number of hydrogen-bond acceptors (Lipinski definition) is 2. The van der Waals surface area contributed by atoms with Crippen LogP contribution in [0.3, 0.4) is 0 Å². The van der Waals surface area contributed by atoms with Gasteiger partial charge in [-0.15, -0.1) is 0 Å². The van der Waals surface area contributed by atoms with Crippen LogP contribution in [-0.4, -0.2) is 23.4 Å². The Kier molecular flexibility index (Phi) is 4.70. The second-order valence-corrected chi connectivity index (χ2v) is 3.60. The molecule has 0 fully saturated rings. The maximum atomic E-state index is 11.7. The van der Waals surface area contributed by atoms with Crippen LogP contribution >= 0.6 is 0 Å². The number of hydrogen-bond donors (Lipinski definition) is 2. The Labute approximate surface area is 75.9 Å². The molecule has 0 saturated heterocycles. The first-order valence-electron chi connectivity index (χ1n) is 4.23. The largest absolute Gasteiger partial charge is 0.396 e. The van der Waals surface area contributed by atoms with Gasteiger partial charge in [0.15, 0.2) is 0 Å². The van der Waals surface area contributed by atoms with Crippen molar-refractivity contribution in [2.24, 2.45) is 5.73 Å². The summed E-state index contributed by atoms with van der Waals surface area (Å²) in [6.07, 6.45) is -4.26. The second kappa shape index (κ2) is 4.81. The van der Waals surface area contributed by atoms with Crippen molar-refractivity contribution in [3.8, 4) is 0 Å². The predicted molar refractivity (Wildman–Crippen MR) is 44.2 cm³/mol. The molecule has 0 aliphatic carbocycles. The zero-order chi connectivity index (χ0) is 10.5. The molecule has 3 N–H and O–H groups in total. The Morgan fingerprint density at radius 3 is 2.08 bits per heavy atom. The first kappa shape index (κ1) is 12.7. The third-order valence-electron chi connectivity index (χ3n) is 1.89. The minimum absolute atomic E-state index is 0.0243. The van der Waals surface area contributed by atoms with E-state index in [9.17, 15) is 13.2 Å². The van der Waals surface area contributed by atoms with Crippen molar-refractivity contribution >= 4 is 0 Å². The lowest BCUT2D eigenvalue weighted by atomic mass is 9.93. The van der Waals surface area contributed by atoms with Crippen LogP contribution in [0.2, 0.25) is 0 Å². The molecule has 0 aromatic heterocycles. The van der Waals surface area contributed by atoms with E-state index in [0.29, 0.717) is 6.42 Å². The highest BCUT2D eigenvalue weighted by atomic mass is 19.4. The van der Waals surface area contributed by atoms with Crippen LogP contribution in [-0.2, 0) is 0 Å². The van der Waals surface area contributed by atoms with Crippen molar-refractivity contribution in [1.82, 2.24) is 0 Å². The van der Waals surface area contributed by atoms with E-state index >= 15 is 0 Å². The highest BCUT2D eigenvalue weighted by molar-refractivity contribution is 4.78. The van der Waals surface area contributed by atoms with Gasteiger partial charge in [0.25, 0.3) is 0 Å². The molecule has 80 valence electrons. The van der Waals surface area contributed by atoms with Gasteiger partial charge in [0.2, 0.25) is 0 Å². The SMILES string of the molecule is CC(N)(CCO)CCCC(F)(F)F. The molecule has 0 bridgehead atoms. The van der Waals surface area contributed by atoms with Gasteiger partial charge < -0.3 is 10.8 Å². The highest BCUT2D eigenvalue weighted by Gasteiger charge is 2.28. The van der Waals surface area contributed by atoms with E-state index in [1.54, 1.807) is 6.92 Å². The molecule has 0 heterocycles. The van der Waals surface area contributed by atoms with Crippen LogP contribution < -0.4 is 5.73 Å². The fraction of sp³-hybridized carbons (Fsp3) is 1.00. The molecule has 0 aromatic carbocycles. The molecule has 2 nitrogen and oxygen atoms in total. The third-order valence-corrected chi connectivity index (χ3v) is 1.89. The second-order valence-electron chi connectivity index (χ2n) is 3.60. The monoisotopic (exact) mass is 199 g/mol. The molecule has 1 atom stereocenters. The Balaban J connectivity index is 3.63. The fourth-order valence-corrected chi connectivity index (χ4v) is 1.07. The summed E-state index contributed by atoms with van der Waals surface area (Å²) in [7, 11) is 0. The molecule has 5 heteroatoms. The number of aliphatic hydroxyl groups excluding tert-OH is 1. The Bertz CT molecular complexity index is 145. The predicted octanol–water partition coefficient (Wildman–Crippen LogP) is 1.82. The smallest absolute Gasteiger partial charge is 0.389 e. The summed E-state index contributed by atoms with van der Waals surface area (Å²) in [5, 5.41) is 8.56. The molecule has 0 spiro atoms. The number of alkyl halides is 3. The van der Waals surface area contributed by atoms with E-state index in [2.05, 4.69) is 0 Å². The summed E-state index contributed by atoms with van der Waals surface area (Å²) < 4.78 is 35.2. The van der Waals surface area contributed by atoms with Gasteiger partial charge in [-0.25, -0.2) is 0 Å². The van der Waals surface area contributed by atoms with Gasteiger partial charge in [0.1, 0.15) is 0 Å². The van der Waals surface area contributed by atoms with E-state index in [1.165, 1.54) is 0 Å². The number of nitrogens with two attached hydrogens (primary N) is 1. The fourth-order valence-electron chi connectivity index (χ4n) is 1.07. The first-order valence-corrected chi connectivity index (χ1v) is 4.23. The van der Waals surface area contributed by atoms with Crippen LogP contribution in [0.5, 0.6) is 0 Å². The average Bonchev–Trinajstić information content (AvgIpc) is 1.82. The first-order chi connectivity index (χ1) is 5.77. The van der Waals surface area contributed by atoms with Crippen LogP contribution in [0.1, 0.15) is 32.6 Å². The number of aliphatic hydroxyl groups is 1. The number of halogens is 3. The summed E-state index contributed by atoms with van der Waals surface area (Å²) in [6.45, 7) is 1.57. The Morgan fingerprint density at radius 1 is 1.15 bits per heavy atom. The normalized spacial score (nSPS) is 17.1. The molecule has 1 unspecified atom stereocenters. The lowest BCUT2D eigenvalue weighted by molar-refractivity contribution is -0.136. The molecule has 0 aliphatic heterocycles. The summed E-state index contributed by atoms with van der Waals surface area (Å²) in [5.41, 5.74) is 4.95. The van der Waals surface area contributed by atoms with Crippen molar-refractivity contribution in [3.05, 3.63) is 0 Å². The lowest BCUT2D eigenvalue weighted by Gasteiger charge is -2.23. The molecule has 0 radical (unpaired) electrons. The standard InChI is InChI=1S/C8H16F3NO/c1-7(12,5-6-13)3-2-4-8(9,10)11/h13H,2-6,12H2,1H3. The van der Waals surface area contributed by atoms with E-state index in [1.807, 2.05) is 0 Å². The Morgan fingerprint density at radius 2 is 1.69 bits per heavy atom. The van der Waals surface area contributed by atoms with Crippen molar-refractivity contribution in [2.45, 2.75) is 44.3 Å². The molecule has 0 rings (SSSR count). The molecular formula is C8H16F3NO. The van der Waals surface area contributed by atoms with Gasteiger partial charge in [0.05, 0.1) is 0 Å². The van der Waals surface area contributed by atoms with Crippen molar-refractivity contribution in [1.29, 1.82) is 0 Å².